The zero-order chi connectivity index (χ0) is 19.3. The van der Waals surface area contributed by atoms with Gasteiger partial charge in [-0.05, 0) is 54.7 Å². The average molecular weight is 386 g/mol. The predicted molar refractivity (Wildman–Crippen MR) is 116 cm³/mol. The Balaban J connectivity index is 1.78. The van der Waals surface area contributed by atoms with Crippen molar-refractivity contribution >= 4 is 11.3 Å². The summed E-state index contributed by atoms with van der Waals surface area (Å²) in [4.78, 5) is 1.41. The molecule has 2 nitrogen and oxygen atoms in total. The molecule has 27 heavy (non-hydrogen) atoms. The molecule has 0 unspecified atom stereocenters. The highest BCUT2D eigenvalue weighted by molar-refractivity contribution is 7.09. The first-order valence-corrected chi connectivity index (χ1v) is 11.3. The van der Waals surface area contributed by atoms with Gasteiger partial charge in [-0.1, -0.05) is 64.1 Å². The molecule has 1 N–H and O–H groups in total. The second-order valence-corrected chi connectivity index (χ2v) is 9.79. The Morgan fingerprint density at radius 2 is 1.67 bits per heavy atom. The molecule has 2 aromatic rings. The van der Waals surface area contributed by atoms with Gasteiger partial charge in [0.25, 0.3) is 0 Å². The van der Waals surface area contributed by atoms with Crippen LogP contribution in [0.25, 0.3) is 0 Å². The maximum Gasteiger partial charge on any atom is 0.0610 e. The molecule has 2 heterocycles. The average Bonchev–Trinajstić information content (AvgIpc) is 3.19. The Labute approximate surface area is 169 Å². The van der Waals surface area contributed by atoms with E-state index >= 15 is 0 Å². The fourth-order valence-corrected chi connectivity index (χ4v) is 4.96. The minimum atomic E-state index is 0.200. The maximum atomic E-state index is 6.53. The zero-order valence-corrected chi connectivity index (χ0v) is 18.1. The van der Waals surface area contributed by atoms with Crippen LogP contribution in [0.3, 0.4) is 0 Å². The van der Waals surface area contributed by atoms with Gasteiger partial charge in [-0.25, -0.2) is 0 Å². The summed E-state index contributed by atoms with van der Waals surface area (Å²) in [6, 6.07) is 15.5. The van der Waals surface area contributed by atoms with Crippen molar-refractivity contribution in [2.24, 2.45) is 11.8 Å². The molecule has 1 aliphatic rings. The van der Waals surface area contributed by atoms with E-state index in [2.05, 4.69) is 80.9 Å². The molecular formula is C24H35NOS. The lowest BCUT2D eigenvalue weighted by molar-refractivity contribution is -0.118. The fraction of sp³-hybridized carbons (Fsp3) is 0.583. The molecule has 1 fully saturated rings. The molecule has 0 bridgehead atoms. The maximum absolute atomic E-state index is 6.53. The molecule has 0 saturated carbocycles. The lowest BCUT2D eigenvalue weighted by Gasteiger charge is -2.48. The topological polar surface area (TPSA) is 21.3 Å². The van der Waals surface area contributed by atoms with Crippen molar-refractivity contribution in [2.45, 2.75) is 71.1 Å². The Kier molecular flexibility index (Phi) is 7.13. The van der Waals surface area contributed by atoms with Crippen LogP contribution >= 0.6 is 11.3 Å². The molecular weight excluding hydrogens is 350 g/mol. The Hall–Kier alpha value is -1.16. The van der Waals surface area contributed by atoms with E-state index in [0.29, 0.717) is 24.0 Å². The lowest BCUT2D eigenvalue weighted by Crippen LogP contribution is -2.48. The number of hydrogen-bond donors (Lipinski definition) is 1. The molecule has 1 aliphatic heterocycles. The third kappa shape index (κ3) is 5.22. The van der Waals surface area contributed by atoms with E-state index < -0.39 is 0 Å². The highest BCUT2D eigenvalue weighted by Gasteiger charge is 2.43. The van der Waals surface area contributed by atoms with Gasteiger partial charge in [0.05, 0.1) is 12.2 Å². The second kappa shape index (κ2) is 9.36. The van der Waals surface area contributed by atoms with E-state index in [1.165, 1.54) is 10.4 Å². The first-order valence-electron chi connectivity index (χ1n) is 10.4. The lowest BCUT2D eigenvalue weighted by atomic mass is 9.66. The third-order valence-corrected chi connectivity index (χ3v) is 6.94. The number of ether oxygens (including phenoxy) is 1. The number of thiophene rings is 1. The Morgan fingerprint density at radius 3 is 2.22 bits per heavy atom. The highest BCUT2D eigenvalue weighted by atomic mass is 32.1. The third-order valence-electron chi connectivity index (χ3n) is 6.07. The molecule has 0 spiro atoms. The van der Waals surface area contributed by atoms with Crippen LogP contribution in [0.1, 0.15) is 57.4 Å². The summed E-state index contributed by atoms with van der Waals surface area (Å²) in [6.07, 6.45) is 4.09. The van der Waals surface area contributed by atoms with E-state index in [0.717, 1.165) is 32.4 Å². The van der Waals surface area contributed by atoms with Crippen LogP contribution in [0.4, 0.5) is 0 Å². The molecule has 148 valence electrons. The Bertz CT molecular complexity index is 649. The van der Waals surface area contributed by atoms with Crippen LogP contribution in [0, 0.1) is 11.8 Å². The quantitative estimate of drug-likeness (QED) is 0.561. The number of rotatable bonds is 8. The van der Waals surface area contributed by atoms with Crippen molar-refractivity contribution in [3.8, 4) is 0 Å². The number of nitrogens with one attached hydrogen (secondary N) is 1. The number of benzene rings is 1. The fourth-order valence-electron chi connectivity index (χ4n) is 4.29. The van der Waals surface area contributed by atoms with Crippen molar-refractivity contribution < 1.29 is 4.74 Å². The molecule has 3 rings (SSSR count). The summed E-state index contributed by atoms with van der Waals surface area (Å²) in [7, 11) is 0. The zero-order valence-electron chi connectivity index (χ0n) is 17.3. The SMILES string of the molecule is CC(C)[C@H]1CC(CCNCc2cccs2)(c2ccccc2)C[C@H](C(C)C)O1. The van der Waals surface area contributed by atoms with Crippen molar-refractivity contribution in [3.05, 3.63) is 58.3 Å². The van der Waals surface area contributed by atoms with Gasteiger partial charge in [0, 0.05) is 16.8 Å². The summed E-state index contributed by atoms with van der Waals surface area (Å²) in [5, 5.41) is 5.84. The summed E-state index contributed by atoms with van der Waals surface area (Å²) in [5.41, 5.74) is 1.69. The van der Waals surface area contributed by atoms with Gasteiger partial charge >= 0.3 is 0 Å². The van der Waals surface area contributed by atoms with Crippen LogP contribution < -0.4 is 5.32 Å². The van der Waals surface area contributed by atoms with E-state index in [9.17, 15) is 0 Å². The molecule has 0 amide bonds. The minimum Gasteiger partial charge on any atom is -0.374 e. The summed E-state index contributed by atoms with van der Waals surface area (Å²) >= 11 is 1.83. The van der Waals surface area contributed by atoms with Gasteiger partial charge in [0.2, 0.25) is 0 Å². The van der Waals surface area contributed by atoms with Crippen molar-refractivity contribution in [3.63, 3.8) is 0 Å². The van der Waals surface area contributed by atoms with Crippen LogP contribution in [0.2, 0.25) is 0 Å². The van der Waals surface area contributed by atoms with Gasteiger partial charge in [0.1, 0.15) is 0 Å². The van der Waals surface area contributed by atoms with Crippen LogP contribution in [-0.2, 0) is 16.7 Å². The van der Waals surface area contributed by atoms with Gasteiger partial charge in [-0.15, -0.1) is 11.3 Å². The van der Waals surface area contributed by atoms with E-state index in [4.69, 9.17) is 4.74 Å². The predicted octanol–water partition coefficient (Wildman–Crippen LogP) is 6.03. The van der Waals surface area contributed by atoms with Crippen molar-refractivity contribution in [1.29, 1.82) is 0 Å². The van der Waals surface area contributed by atoms with Crippen LogP contribution in [-0.4, -0.2) is 18.8 Å². The monoisotopic (exact) mass is 385 g/mol. The second-order valence-electron chi connectivity index (χ2n) is 8.76. The molecule has 1 saturated heterocycles. The molecule has 1 aromatic heterocycles. The standard InChI is InChI=1S/C24H35NOS/c1-18(2)22-15-24(16-23(26-22)19(3)4,20-9-6-5-7-10-20)12-13-25-17-21-11-8-14-27-21/h5-11,14,18-19,22-23,25H,12-13,15-17H2,1-4H3/t22-,23-/m1/s1. The van der Waals surface area contributed by atoms with E-state index in [-0.39, 0.29) is 5.41 Å². The van der Waals surface area contributed by atoms with Gasteiger partial charge in [0.15, 0.2) is 0 Å². The smallest absolute Gasteiger partial charge is 0.0610 e. The minimum absolute atomic E-state index is 0.200. The van der Waals surface area contributed by atoms with Gasteiger partial charge in [-0.2, -0.15) is 0 Å². The van der Waals surface area contributed by atoms with E-state index in [1.54, 1.807) is 0 Å². The molecule has 1 aromatic carbocycles. The summed E-state index contributed by atoms with van der Waals surface area (Å²) in [5.74, 6) is 1.10. The Morgan fingerprint density at radius 1 is 1.00 bits per heavy atom. The van der Waals surface area contributed by atoms with Crippen molar-refractivity contribution in [1.82, 2.24) is 5.32 Å². The van der Waals surface area contributed by atoms with Crippen molar-refractivity contribution in [2.75, 3.05) is 6.54 Å². The first-order chi connectivity index (χ1) is 13.0. The van der Waals surface area contributed by atoms with Gasteiger partial charge in [-0.3, -0.25) is 0 Å². The first kappa shape index (κ1) is 20.6. The van der Waals surface area contributed by atoms with E-state index in [1.807, 2.05) is 11.3 Å². The highest BCUT2D eigenvalue weighted by Crippen LogP contribution is 2.45. The molecule has 2 atom stereocenters. The largest absolute Gasteiger partial charge is 0.374 e. The molecule has 3 heteroatoms. The summed E-state index contributed by atoms with van der Waals surface area (Å²) < 4.78 is 6.53. The molecule has 0 radical (unpaired) electrons. The van der Waals surface area contributed by atoms with Crippen LogP contribution in [0.5, 0.6) is 0 Å². The van der Waals surface area contributed by atoms with Gasteiger partial charge < -0.3 is 10.1 Å². The number of hydrogen-bond acceptors (Lipinski definition) is 3. The normalized spacial score (nSPS) is 26.0. The molecule has 0 aliphatic carbocycles. The summed E-state index contributed by atoms with van der Waals surface area (Å²) in [6.45, 7) is 11.2. The van der Waals surface area contributed by atoms with Crippen LogP contribution in [0.15, 0.2) is 47.8 Å².